The van der Waals surface area contributed by atoms with Crippen LogP contribution in [0, 0.1) is 0 Å². The maximum Gasteiger partial charge on any atom is 0.311 e. The molecule has 1 heterocycles. The van der Waals surface area contributed by atoms with Crippen molar-refractivity contribution in [2.24, 2.45) is 0 Å². The molecular weight excluding hydrogens is 228 g/mol. The van der Waals surface area contributed by atoms with E-state index in [0.717, 1.165) is 18.4 Å². The molecule has 1 N–H and O–H groups in total. The van der Waals surface area contributed by atoms with Crippen molar-refractivity contribution in [3.8, 4) is 11.3 Å². The zero-order valence-corrected chi connectivity index (χ0v) is 10.3. The van der Waals surface area contributed by atoms with Crippen molar-refractivity contribution in [1.82, 2.24) is 0 Å². The first-order valence-electron chi connectivity index (χ1n) is 6.09. The Hall–Kier alpha value is -2.03. The zero-order valence-electron chi connectivity index (χ0n) is 10.3. The molecule has 0 fully saturated rings. The van der Waals surface area contributed by atoms with Crippen molar-refractivity contribution in [3.63, 3.8) is 0 Å². The molecule has 0 aliphatic rings. The Bertz CT molecular complexity index is 523. The largest absolute Gasteiger partial charge is 0.481 e. The monoisotopic (exact) mass is 244 g/mol. The fourth-order valence-corrected chi connectivity index (χ4v) is 1.90. The number of hydrogen-bond donors (Lipinski definition) is 1. The van der Waals surface area contributed by atoms with E-state index in [4.69, 9.17) is 9.52 Å². The van der Waals surface area contributed by atoms with Gasteiger partial charge in [-0.3, -0.25) is 4.79 Å². The van der Waals surface area contributed by atoms with Crippen LogP contribution in [-0.2, 0) is 17.6 Å². The second-order valence-electron chi connectivity index (χ2n) is 4.28. The van der Waals surface area contributed by atoms with E-state index in [9.17, 15) is 4.79 Å². The molecule has 0 bridgehead atoms. The van der Waals surface area contributed by atoms with Crippen molar-refractivity contribution >= 4 is 5.97 Å². The molecule has 18 heavy (non-hydrogen) atoms. The van der Waals surface area contributed by atoms with Gasteiger partial charge in [0.2, 0.25) is 0 Å². The first-order chi connectivity index (χ1) is 8.69. The van der Waals surface area contributed by atoms with Gasteiger partial charge in [-0.25, -0.2) is 0 Å². The number of hydrogen-bond acceptors (Lipinski definition) is 2. The van der Waals surface area contributed by atoms with Crippen LogP contribution in [0.5, 0.6) is 0 Å². The molecule has 3 heteroatoms. The van der Waals surface area contributed by atoms with E-state index >= 15 is 0 Å². The lowest BCUT2D eigenvalue weighted by Crippen LogP contribution is -1.97. The first-order valence-corrected chi connectivity index (χ1v) is 6.09. The number of rotatable bonds is 5. The maximum absolute atomic E-state index is 10.6. The van der Waals surface area contributed by atoms with Gasteiger partial charge in [0.15, 0.2) is 0 Å². The molecule has 0 unspecified atom stereocenters. The number of aryl methyl sites for hydroxylation is 1. The van der Waals surface area contributed by atoms with Crippen LogP contribution in [-0.4, -0.2) is 11.1 Å². The van der Waals surface area contributed by atoms with Crippen molar-refractivity contribution in [2.45, 2.75) is 26.2 Å². The topological polar surface area (TPSA) is 50.4 Å². The molecule has 0 amide bonds. The lowest BCUT2D eigenvalue weighted by atomic mass is 10.1. The highest BCUT2D eigenvalue weighted by Crippen LogP contribution is 2.23. The molecule has 1 aromatic carbocycles. The minimum absolute atomic E-state index is 0.0755. The summed E-state index contributed by atoms with van der Waals surface area (Å²) >= 11 is 0. The molecule has 94 valence electrons. The summed E-state index contributed by atoms with van der Waals surface area (Å²) in [5.74, 6) is 0.318. The molecule has 0 atom stereocenters. The number of carboxylic acid groups (broad SMARTS) is 1. The van der Waals surface area contributed by atoms with Gasteiger partial charge in [-0.2, -0.15) is 0 Å². The van der Waals surface area contributed by atoms with Gasteiger partial charge in [0.25, 0.3) is 0 Å². The van der Waals surface area contributed by atoms with E-state index in [2.05, 4.69) is 19.1 Å². The molecular formula is C15H16O3. The molecule has 1 aromatic heterocycles. The molecule has 3 nitrogen and oxygen atoms in total. The first kappa shape index (κ1) is 12.4. The van der Waals surface area contributed by atoms with E-state index in [-0.39, 0.29) is 6.42 Å². The minimum atomic E-state index is -0.880. The Morgan fingerprint density at radius 1 is 1.17 bits per heavy atom. The third-order valence-corrected chi connectivity index (χ3v) is 2.76. The Kier molecular flexibility index (Phi) is 3.82. The van der Waals surface area contributed by atoms with Gasteiger partial charge in [0.1, 0.15) is 17.9 Å². The standard InChI is InChI=1S/C15H16O3/c1-2-3-11-4-6-12(7-5-11)14-9-8-13(18-14)10-15(16)17/h4-9H,2-3,10H2,1H3,(H,16,17). The highest BCUT2D eigenvalue weighted by atomic mass is 16.4. The van der Waals surface area contributed by atoms with Crippen LogP contribution in [0.15, 0.2) is 40.8 Å². The Morgan fingerprint density at radius 2 is 1.89 bits per heavy atom. The molecule has 0 saturated heterocycles. The smallest absolute Gasteiger partial charge is 0.311 e. The SMILES string of the molecule is CCCc1ccc(-c2ccc(CC(=O)O)o2)cc1. The van der Waals surface area contributed by atoms with Gasteiger partial charge >= 0.3 is 5.97 Å². The Morgan fingerprint density at radius 3 is 2.50 bits per heavy atom. The third-order valence-electron chi connectivity index (χ3n) is 2.76. The normalized spacial score (nSPS) is 10.5. The van der Waals surface area contributed by atoms with Crippen LogP contribution in [0.25, 0.3) is 11.3 Å². The quantitative estimate of drug-likeness (QED) is 0.875. The van der Waals surface area contributed by atoms with E-state index in [1.807, 2.05) is 18.2 Å². The van der Waals surface area contributed by atoms with Crippen molar-refractivity contribution in [3.05, 3.63) is 47.7 Å². The predicted molar refractivity (Wildman–Crippen MR) is 69.5 cm³/mol. The summed E-state index contributed by atoms with van der Waals surface area (Å²) in [5, 5.41) is 8.68. The fourth-order valence-electron chi connectivity index (χ4n) is 1.90. The van der Waals surface area contributed by atoms with Crippen LogP contribution < -0.4 is 0 Å². The summed E-state index contributed by atoms with van der Waals surface area (Å²) in [5.41, 5.74) is 2.28. The van der Waals surface area contributed by atoms with Crippen molar-refractivity contribution in [1.29, 1.82) is 0 Å². The molecule has 2 aromatic rings. The second-order valence-corrected chi connectivity index (χ2v) is 4.28. The van der Waals surface area contributed by atoms with E-state index in [1.165, 1.54) is 5.56 Å². The number of carbonyl (C=O) groups is 1. The second kappa shape index (κ2) is 5.54. The van der Waals surface area contributed by atoms with Gasteiger partial charge in [0.05, 0.1) is 0 Å². The highest BCUT2D eigenvalue weighted by Gasteiger charge is 2.07. The maximum atomic E-state index is 10.6. The highest BCUT2D eigenvalue weighted by molar-refractivity contribution is 5.69. The molecule has 0 spiro atoms. The summed E-state index contributed by atoms with van der Waals surface area (Å²) in [4.78, 5) is 10.6. The lowest BCUT2D eigenvalue weighted by Gasteiger charge is -2.00. The predicted octanol–water partition coefficient (Wildman–Crippen LogP) is 3.53. The summed E-state index contributed by atoms with van der Waals surface area (Å²) < 4.78 is 5.50. The Labute approximate surface area is 106 Å². The van der Waals surface area contributed by atoms with E-state index < -0.39 is 5.97 Å². The molecule has 2 rings (SSSR count). The van der Waals surface area contributed by atoms with Crippen LogP contribution >= 0.6 is 0 Å². The van der Waals surface area contributed by atoms with Gasteiger partial charge in [-0.1, -0.05) is 37.6 Å². The summed E-state index contributed by atoms with van der Waals surface area (Å²) in [6.45, 7) is 2.15. The summed E-state index contributed by atoms with van der Waals surface area (Å²) in [6.07, 6.45) is 2.12. The van der Waals surface area contributed by atoms with Gasteiger partial charge in [-0.05, 0) is 24.1 Å². The summed E-state index contributed by atoms with van der Waals surface area (Å²) in [7, 11) is 0. The van der Waals surface area contributed by atoms with Crippen LogP contribution in [0.4, 0.5) is 0 Å². The van der Waals surface area contributed by atoms with Gasteiger partial charge < -0.3 is 9.52 Å². The molecule has 0 saturated carbocycles. The van der Waals surface area contributed by atoms with Crippen molar-refractivity contribution in [2.75, 3.05) is 0 Å². The van der Waals surface area contributed by atoms with Crippen molar-refractivity contribution < 1.29 is 14.3 Å². The van der Waals surface area contributed by atoms with E-state index in [0.29, 0.717) is 11.5 Å². The minimum Gasteiger partial charge on any atom is -0.481 e. The number of furan rings is 1. The number of benzene rings is 1. The average Bonchev–Trinajstić information content (AvgIpc) is 2.78. The van der Waals surface area contributed by atoms with Gasteiger partial charge in [-0.15, -0.1) is 0 Å². The van der Waals surface area contributed by atoms with Crippen LogP contribution in [0.1, 0.15) is 24.7 Å². The van der Waals surface area contributed by atoms with E-state index in [1.54, 1.807) is 6.07 Å². The average molecular weight is 244 g/mol. The number of carboxylic acids is 1. The zero-order chi connectivity index (χ0) is 13.0. The molecule has 0 aliphatic heterocycles. The number of aliphatic carboxylic acids is 1. The molecule has 0 radical (unpaired) electrons. The van der Waals surface area contributed by atoms with Crippen LogP contribution in [0.2, 0.25) is 0 Å². The third kappa shape index (κ3) is 3.00. The fraction of sp³-hybridized carbons (Fsp3) is 0.267. The van der Waals surface area contributed by atoms with Gasteiger partial charge in [0, 0.05) is 5.56 Å². The van der Waals surface area contributed by atoms with Crippen LogP contribution in [0.3, 0.4) is 0 Å². The lowest BCUT2D eigenvalue weighted by molar-refractivity contribution is -0.136. The summed E-state index contributed by atoms with van der Waals surface area (Å²) in [6, 6.07) is 11.7. The molecule has 0 aliphatic carbocycles. The Balaban J connectivity index is 2.15.